The fourth-order valence-electron chi connectivity index (χ4n) is 2.46. The van der Waals surface area contributed by atoms with Gasteiger partial charge in [0.2, 0.25) is 10.0 Å². The minimum absolute atomic E-state index is 0.0201. The van der Waals surface area contributed by atoms with Crippen LogP contribution < -0.4 is 10.0 Å². The number of hydrogen-bond acceptors (Lipinski definition) is 7. The summed E-state index contributed by atoms with van der Waals surface area (Å²) >= 11 is 0. The maximum atomic E-state index is 12.2. The smallest absolute Gasteiger partial charge is 0.338 e. The van der Waals surface area contributed by atoms with E-state index < -0.39 is 40.5 Å². The van der Waals surface area contributed by atoms with Crippen LogP contribution in [0.2, 0.25) is 0 Å². The summed E-state index contributed by atoms with van der Waals surface area (Å²) in [4.78, 5) is 35.9. The number of nitrogens with one attached hydrogen (secondary N) is 2. The third kappa shape index (κ3) is 8.11. The van der Waals surface area contributed by atoms with Crippen LogP contribution in [0, 0.1) is 5.92 Å². The Labute approximate surface area is 177 Å². The van der Waals surface area contributed by atoms with Crippen molar-refractivity contribution >= 4 is 27.9 Å². The molecule has 0 saturated heterocycles. The van der Waals surface area contributed by atoms with Crippen LogP contribution >= 0.6 is 0 Å². The molecule has 30 heavy (non-hydrogen) atoms. The molecule has 0 bridgehead atoms. The second kappa shape index (κ2) is 11.7. The molecule has 2 unspecified atom stereocenters. The number of hydrogen-bond donors (Lipinski definition) is 2. The average molecular weight is 443 g/mol. The van der Waals surface area contributed by atoms with Gasteiger partial charge in [0.1, 0.15) is 6.04 Å². The zero-order valence-electron chi connectivity index (χ0n) is 17.9. The van der Waals surface area contributed by atoms with Crippen LogP contribution in [0.15, 0.2) is 29.2 Å². The van der Waals surface area contributed by atoms with Gasteiger partial charge in [-0.2, -0.15) is 0 Å². The van der Waals surface area contributed by atoms with Crippen LogP contribution in [-0.4, -0.2) is 52.1 Å². The second-order valence-electron chi connectivity index (χ2n) is 7.30. The molecule has 1 rings (SSSR count). The molecular formula is C20H30N2O7S. The predicted octanol–water partition coefficient (Wildman–Crippen LogP) is 1.62. The van der Waals surface area contributed by atoms with Crippen molar-refractivity contribution in [2.75, 3.05) is 13.7 Å². The molecule has 0 radical (unpaired) electrons. The molecule has 1 amide bonds. The van der Waals surface area contributed by atoms with E-state index in [1.807, 2.05) is 20.8 Å². The summed E-state index contributed by atoms with van der Waals surface area (Å²) in [5.74, 6) is -1.87. The fraction of sp³-hybridized carbons (Fsp3) is 0.550. The fourth-order valence-corrected chi connectivity index (χ4v) is 3.79. The number of esters is 2. The Hall–Kier alpha value is -2.46. The second-order valence-corrected chi connectivity index (χ2v) is 9.02. The zero-order chi connectivity index (χ0) is 22.9. The van der Waals surface area contributed by atoms with Crippen molar-refractivity contribution in [1.82, 2.24) is 10.0 Å². The van der Waals surface area contributed by atoms with E-state index in [1.54, 1.807) is 6.92 Å². The van der Waals surface area contributed by atoms with Crippen LogP contribution in [0.4, 0.5) is 0 Å². The quantitative estimate of drug-likeness (QED) is 0.498. The van der Waals surface area contributed by atoms with Gasteiger partial charge >= 0.3 is 11.9 Å². The van der Waals surface area contributed by atoms with E-state index >= 15 is 0 Å². The van der Waals surface area contributed by atoms with Crippen LogP contribution in [0.25, 0.3) is 0 Å². The summed E-state index contributed by atoms with van der Waals surface area (Å²) in [5, 5.41) is 2.48. The Morgan fingerprint density at radius 1 is 1.07 bits per heavy atom. The van der Waals surface area contributed by atoms with Crippen LogP contribution in [-0.2, 0) is 29.1 Å². The molecule has 0 spiro atoms. The summed E-state index contributed by atoms with van der Waals surface area (Å²) in [7, 11) is -2.46. The normalized spacial score (nSPS) is 13.4. The lowest BCUT2D eigenvalue weighted by molar-refractivity contribution is -0.145. The van der Waals surface area contributed by atoms with Crippen molar-refractivity contribution in [3.8, 4) is 0 Å². The van der Waals surface area contributed by atoms with Crippen LogP contribution in [0.3, 0.4) is 0 Å². The molecule has 10 heteroatoms. The van der Waals surface area contributed by atoms with Crippen molar-refractivity contribution in [3.05, 3.63) is 29.8 Å². The summed E-state index contributed by atoms with van der Waals surface area (Å²) in [6, 6.07) is 4.14. The first kappa shape index (κ1) is 25.6. The van der Waals surface area contributed by atoms with Gasteiger partial charge in [-0.25, -0.2) is 22.7 Å². The van der Waals surface area contributed by atoms with E-state index in [1.165, 1.54) is 31.4 Å². The third-order valence-electron chi connectivity index (χ3n) is 4.23. The largest absolute Gasteiger partial charge is 0.467 e. The number of methoxy groups -OCH3 is 1. The minimum atomic E-state index is -3.68. The molecule has 0 aliphatic rings. The highest BCUT2D eigenvalue weighted by atomic mass is 32.2. The summed E-state index contributed by atoms with van der Waals surface area (Å²) in [6.45, 7) is 6.81. The molecule has 0 aliphatic carbocycles. The lowest BCUT2D eigenvalue weighted by Crippen LogP contribution is -2.44. The van der Waals surface area contributed by atoms with Gasteiger partial charge < -0.3 is 14.8 Å². The first-order valence-electron chi connectivity index (χ1n) is 9.66. The molecule has 0 heterocycles. The van der Waals surface area contributed by atoms with Crippen molar-refractivity contribution < 1.29 is 32.3 Å². The number of ether oxygens (including phenoxy) is 2. The number of sulfonamides is 1. The molecule has 0 fully saturated rings. The van der Waals surface area contributed by atoms with Gasteiger partial charge in [0, 0.05) is 6.04 Å². The highest BCUT2D eigenvalue weighted by molar-refractivity contribution is 7.89. The van der Waals surface area contributed by atoms with Crippen molar-refractivity contribution in [1.29, 1.82) is 0 Å². The Morgan fingerprint density at radius 3 is 2.17 bits per heavy atom. The van der Waals surface area contributed by atoms with E-state index in [2.05, 4.69) is 14.8 Å². The lowest BCUT2D eigenvalue weighted by Gasteiger charge is -2.18. The van der Waals surface area contributed by atoms with Crippen molar-refractivity contribution in [2.24, 2.45) is 5.92 Å². The first-order valence-corrected chi connectivity index (χ1v) is 11.1. The molecule has 1 aromatic rings. The standard InChI is InChI=1S/C20H30N2O7S/c1-6-14(4)22-30(26,27)16-9-7-15(8-10-16)19(24)29-12-18(23)21-17(11-13(2)3)20(25)28-5/h7-10,13-14,17,22H,6,11-12H2,1-5H3,(H,21,23). The SMILES string of the molecule is CCC(C)NS(=O)(=O)c1ccc(C(=O)OCC(=O)NC(CC(C)C)C(=O)OC)cc1. The van der Waals surface area contributed by atoms with Gasteiger partial charge in [-0.1, -0.05) is 20.8 Å². The molecule has 2 N–H and O–H groups in total. The number of carbonyl (C=O) groups is 3. The first-order chi connectivity index (χ1) is 14.0. The number of amides is 1. The topological polar surface area (TPSA) is 128 Å². The molecule has 0 aromatic heterocycles. The molecular weight excluding hydrogens is 412 g/mol. The average Bonchev–Trinajstić information content (AvgIpc) is 2.70. The van der Waals surface area contributed by atoms with E-state index in [0.29, 0.717) is 12.8 Å². The van der Waals surface area contributed by atoms with Gasteiger partial charge in [0.15, 0.2) is 6.61 Å². The molecule has 1 aromatic carbocycles. The molecule has 168 valence electrons. The third-order valence-corrected chi connectivity index (χ3v) is 5.84. The Kier molecular flexibility index (Phi) is 9.94. The molecule has 0 saturated carbocycles. The lowest BCUT2D eigenvalue weighted by atomic mass is 10.0. The summed E-state index contributed by atoms with van der Waals surface area (Å²) in [5.41, 5.74) is 0.0944. The number of benzene rings is 1. The Balaban J connectivity index is 2.68. The number of rotatable bonds is 11. The highest BCUT2D eigenvalue weighted by Crippen LogP contribution is 2.13. The van der Waals surface area contributed by atoms with E-state index in [0.717, 1.165) is 0 Å². The summed E-state index contributed by atoms with van der Waals surface area (Å²) in [6.07, 6.45) is 1.02. The van der Waals surface area contributed by atoms with Gasteiger partial charge in [-0.05, 0) is 49.9 Å². The Morgan fingerprint density at radius 2 is 1.67 bits per heavy atom. The minimum Gasteiger partial charge on any atom is -0.467 e. The van der Waals surface area contributed by atoms with Crippen LogP contribution in [0.5, 0.6) is 0 Å². The molecule has 2 atom stereocenters. The maximum absolute atomic E-state index is 12.2. The maximum Gasteiger partial charge on any atom is 0.338 e. The van der Waals surface area contributed by atoms with Gasteiger partial charge in [0.05, 0.1) is 17.6 Å². The Bertz CT molecular complexity index is 835. The van der Waals surface area contributed by atoms with Crippen molar-refractivity contribution in [2.45, 2.75) is 57.5 Å². The summed E-state index contributed by atoms with van der Waals surface area (Å²) < 4.78 is 36.6. The van der Waals surface area contributed by atoms with Gasteiger partial charge in [-0.3, -0.25) is 4.79 Å². The van der Waals surface area contributed by atoms with E-state index in [4.69, 9.17) is 4.74 Å². The molecule has 9 nitrogen and oxygen atoms in total. The monoisotopic (exact) mass is 442 g/mol. The highest BCUT2D eigenvalue weighted by Gasteiger charge is 2.23. The van der Waals surface area contributed by atoms with Gasteiger partial charge in [0.25, 0.3) is 5.91 Å². The molecule has 0 aliphatic heterocycles. The van der Waals surface area contributed by atoms with Crippen molar-refractivity contribution in [3.63, 3.8) is 0 Å². The van der Waals surface area contributed by atoms with E-state index in [9.17, 15) is 22.8 Å². The van der Waals surface area contributed by atoms with E-state index in [-0.39, 0.29) is 22.4 Å². The predicted molar refractivity (Wildman–Crippen MR) is 110 cm³/mol. The zero-order valence-corrected chi connectivity index (χ0v) is 18.7. The van der Waals surface area contributed by atoms with Crippen LogP contribution in [0.1, 0.15) is 50.9 Å². The number of carbonyl (C=O) groups excluding carboxylic acids is 3. The van der Waals surface area contributed by atoms with Gasteiger partial charge in [-0.15, -0.1) is 0 Å².